The van der Waals surface area contributed by atoms with Crippen LogP contribution in [-0.4, -0.2) is 27.2 Å². The molecule has 0 aliphatic heterocycles. The van der Waals surface area contributed by atoms with E-state index in [1.165, 1.54) is 28.6 Å². The highest BCUT2D eigenvalue weighted by molar-refractivity contribution is 7.99. The number of rotatable bonds is 8. The molecule has 0 unspecified atom stereocenters. The zero-order chi connectivity index (χ0) is 18.4. The summed E-state index contributed by atoms with van der Waals surface area (Å²) in [5, 5.41) is 8.66. The van der Waals surface area contributed by atoms with Crippen molar-refractivity contribution in [2.45, 2.75) is 18.7 Å². The zero-order valence-corrected chi connectivity index (χ0v) is 15.1. The van der Waals surface area contributed by atoms with Crippen molar-refractivity contribution in [1.29, 1.82) is 0 Å². The lowest BCUT2D eigenvalue weighted by Gasteiger charge is -2.07. The van der Waals surface area contributed by atoms with E-state index in [-0.39, 0.29) is 12.4 Å². The average Bonchev–Trinajstić information content (AvgIpc) is 2.98. The fourth-order valence-electron chi connectivity index (χ4n) is 2.18. The first-order valence-electron chi connectivity index (χ1n) is 8.02. The van der Waals surface area contributed by atoms with E-state index in [0.29, 0.717) is 29.1 Å². The molecule has 136 valence electrons. The van der Waals surface area contributed by atoms with Crippen LogP contribution in [-0.2, 0) is 6.61 Å². The highest BCUT2D eigenvalue weighted by atomic mass is 32.2. The number of thioether (sulfide) groups is 1. The lowest BCUT2D eigenvalue weighted by atomic mass is 10.2. The van der Waals surface area contributed by atoms with Gasteiger partial charge in [-0.3, -0.25) is 0 Å². The SMILES string of the molecule is Cc1cccc(OCCSc2nnc(COc3ccc(F)cc3)n2N)c1. The van der Waals surface area contributed by atoms with Crippen LogP contribution >= 0.6 is 11.8 Å². The molecule has 0 aliphatic rings. The van der Waals surface area contributed by atoms with Gasteiger partial charge in [0, 0.05) is 5.75 Å². The van der Waals surface area contributed by atoms with Gasteiger partial charge in [0.1, 0.15) is 23.9 Å². The van der Waals surface area contributed by atoms with E-state index in [9.17, 15) is 4.39 Å². The minimum absolute atomic E-state index is 0.148. The molecule has 26 heavy (non-hydrogen) atoms. The van der Waals surface area contributed by atoms with E-state index >= 15 is 0 Å². The Morgan fingerprint density at radius 2 is 1.88 bits per heavy atom. The Labute approximate surface area is 155 Å². The number of nitrogens with two attached hydrogens (primary N) is 1. The number of nitrogens with zero attached hydrogens (tertiary/aromatic N) is 3. The normalized spacial score (nSPS) is 10.7. The smallest absolute Gasteiger partial charge is 0.210 e. The van der Waals surface area contributed by atoms with Crippen molar-refractivity contribution < 1.29 is 13.9 Å². The summed E-state index contributed by atoms with van der Waals surface area (Å²) in [6.45, 7) is 2.70. The van der Waals surface area contributed by atoms with E-state index < -0.39 is 0 Å². The molecule has 0 saturated carbocycles. The van der Waals surface area contributed by atoms with Gasteiger partial charge in [-0.1, -0.05) is 23.9 Å². The number of hydrogen-bond acceptors (Lipinski definition) is 6. The molecule has 3 rings (SSSR count). The molecule has 0 amide bonds. The summed E-state index contributed by atoms with van der Waals surface area (Å²) in [4.78, 5) is 0. The molecule has 6 nitrogen and oxygen atoms in total. The van der Waals surface area contributed by atoms with Gasteiger partial charge in [-0.25, -0.2) is 9.07 Å². The second kappa shape index (κ2) is 8.57. The van der Waals surface area contributed by atoms with Gasteiger partial charge in [0.25, 0.3) is 0 Å². The number of nitrogen functional groups attached to an aromatic ring is 1. The van der Waals surface area contributed by atoms with Crippen molar-refractivity contribution in [3.8, 4) is 11.5 Å². The van der Waals surface area contributed by atoms with Crippen molar-refractivity contribution in [3.63, 3.8) is 0 Å². The van der Waals surface area contributed by atoms with Gasteiger partial charge in [0.2, 0.25) is 5.16 Å². The molecule has 0 spiro atoms. The van der Waals surface area contributed by atoms with Crippen molar-refractivity contribution in [2.75, 3.05) is 18.2 Å². The first-order chi connectivity index (χ1) is 12.6. The molecule has 2 N–H and O–H groups in total. The second-order valence-corrected chi connectivity index (χ2v) is 6.59. The maximum Gasteiger partial charge on any atom is 0.210 e. The summed E-state index contributed by atoms with van der Waals surface area (Å²) in [6, 6.07) is 13.6. The Hall–Kier alpha value is -2.74. The minimum Gasteiger partial charge on any atom is -0.493 e. The summed E-state index contributed by atoms with van der Waals surface area (Å²) in [7, 11) is 0. The Kier molecular flexibility index (Phi) is 5.96. The molecule has 1 aromatic heterocycles. The molecule has 0 atom stereocenters. The number of aromatic nitrogens is 3. The average molecular weight is 374 g/mol. The molecule has 0 bridgehead atoms. The van der Waals surface area contributed by atoms with Crippen molar-refractivity contribution in [2.24, 2.45) is 0 Å². The number of halogens is 1. The molecular formula is C18H19FN4O2S. The molecule has 2 aromatic carbocycles. The van der Waals surface area contributed by atoms with Crippen LogP contribution in [0.5, 0.6) is 11.5 Å². The van der Waals surface area contributed by atoms with Crippen molar-refractivity contribution in [3.05, 3.63) is 65.7 Å². The zero-order valence-electron chi connectivity index (χ0n) is 14.3. The quantitative estimate of drug-likeness (QED) is 0.371. The van der Waals surface area contributed by atoms with Crippen LogP contribution in [0.15, 0.2) is 53.7 Å². The fourth-order valence-corrected chi connectivity index (χ4v) is 2.87. The number of hydrogen-bond donors (Lipinski definition) is 1. The summed E-state index contributed by atoms with van der Waals surface area (Å²) < 4.78 is 25.5. The predicted molar refractivity (Wildman–Crippen MR) is 98.3 cm³/mol. The lowest BCUT2D eigenvalue weighted by Crippen LogP contribution is -2.16. The summed E-state index contributed by atoms with van der Waals surface area (Å²) in [6.07, 6.45) is 0. The topological polar surface area (TPSA) is 75.2 Å². The standard InChI is InChI=1S/C18H19FN4O2S/c1-13-3-2-4-16(11-13)24-9-10-26-18-22-21-17(23(18)20)12-25-15-7-5-14(19)6-8-15/h2-8,11H,9-10,12,20H2,1H3. The predicted octanol–water partition coefficient (Wildman–Crippen LogP) is 3.19. The third kappa shape index (κ3) is 4.89. The summed E-state index contributed by atoms with van der Waals surface area (Å²) >= 11 is 1.45. The van der Waals surface area contributed by atoms with Crippen molar-refractivity contribution in [1.82, 2.24) is 14.9 Å². The van der Waals surface area contributed by atoms with E-state index in [1.54, 1.807) is 12.1 Å². The largest absolute Gasteiger partial charge is 0.493 e. The Balaban J connectivity index is 1.46. The number of aryl methyl sites for hydroxylation is 1. The van der Waals surface area contributed by atoms with Gasteiger partial charge in [-0.05, 0) is 48.9 Å². The monoisotopic (exact) mass is 374 g/mol. The molecule has 0 aliphatic carbocycles. The minimum atomic E-state index is -0.314. The molecule has 1 heterocycles. The van der Waals surface area contributed by atoms with Gasteiger partial charge >= 0.3 is 0 Å². The molecule has 8 heteroatoms. The van der Waals surface area contributed by atoms with Crippen LogP contribution in [0.4, 0.5) is 4.39 Å². The molecule has 0 radical (unpaired) electrons. The van der Waals surface area contributed by atoms with Crippen LogP contribution < -0.4 is 15.3 Å². The highest BCUT2D eigenvalue weighted by Crippen LogP contribution is 2.18. The number of ether oxygens (including phenoxy) is 2. The fraction of sp³-hybridized carbons (Fsp3) is 0.222. The van der Waals surface area contributed by atoms with Crippen LogP contribution in [0.25, 0.3) is 0 Å². The molecular weight excluding hydrogens is 355 g/mol. The van der Waals surface area contributed by atoms with Gasteiger partial charge in [-0.2, -0.15) is 0 Å². The lowest BCUT2D eigenvalue weighted by molar-refractivity contribution is 0.291. The maximum atomic E-state index is 12.9. The van der Waals surface area contributed by atoms with Crippen LogP contribution in [0.3, 0.4) is 0 Å². The summed E-state index contributed by atoms with van der Waals surface area (Å²) in [5.41, 5.74) is 1.16. The molecule has 3 aromatic rings. The van der Waals surface area contributed by atoms with Gasteiger partial charge in [-0.15, -0.1) is 10.2 Å². The van der Waals surface area contributed by atoms with Gasteiger partial charge in [0.05, 0.1) is 6.61 Å². The Morgan fingerprint density at radius 3 is 2.65 bits per heavy atom. The van der Waals surface area contributed by atoms with Crippen LogP contribution in [0.1, 0.15) is 11.4 Å². The number of benzene rings is 2. The van der Waals surface area contributed by atoms with E-state index in [4.69, 9.17) is 15.3 Å². The van der Waals surface area contributed by atoms with Crippen molar-refractivity contribution >= 4 is 11.8 Å². The van der Waals surface area contributed by atoms with E-state index in [1.807, 2.05) is 31.2 Å². The maximum absolute atomic E-state index is 12.9. The van der Waals surface area contributed by atoms with Crippen LogP contribution in [0, 0.1) is 12.7 Å². The third-order valence-corrected chi connectivity index (χ3v) is 4.40. The Bertz CT molecular complexity index is 855. The van der Waals surface area contributed by atoms with Gasteiger partial charge < -0.3 is 15.3 Å². The molecule has 0 saturated heterocycles. The highest BCUT2D eigenvalue weighted by Gasteiger charge is 2.11. The third-order valence-electron chi connectivity index (χ3n) is 3.49. The van der Waals surface area contributed by atoms with E-state index in [2.05, 4.69) is 10.2 Å². The Morgan fingerprint density at radius 1 is 1.08 bits per heavy atom. The molecule has 0 fully saturated rings. The van der Waals surface area contributed by atoms with Gasteiger partial charge in [0.15, 0.2) is 5.82 Å². The first kappa shape index (κ1) is 18.1. The first-order valence-corrected chi connectivity index (χ1v) is 9.00. The second-order valence-electron chi connectivity index (χ2n) is 5.52. The van der Waals surface area contributed by atoms with Crippen LogP contribution in [0.2, 0.25) is 0 Å². The summed E-state index contributed by atoms with van der Waals surface area (Å²) in [5.74, 6) is 8.22. The van der Waals surface area contributed by atoms with E-state index in [0.717, 1.165) is 11.3 Å².